The zero-order valence-corrected chi connectivity index (χ0v) is 14.2. The van der Waals surface area contributed by atoms with Crippen molar-refractivity contribution in [3.63, 3.8) is 0 Å². The molecule has 4 nitrogen and oxygen atoms in total. The minimum atomic E-state index is -4.51. The highest BCUT2D eigenvalue weighted by Gasteiger charge is 2.33. The van der Waals surface area contributed by atoms with Gasteiger partial charge in [-0.25, -0.2) is 4.98 Å². The van der Waals surface area contributed by atoms with Crippen LogP contribution in [0.15, 0.2) is 30.5 Å². The summed E-state index contributed by atoms with van der Waals surface area (Å²) in [5, 5.41) is 5.82. The van der Waals surface area contributed by atoms with E-state index in [1.807, 2.05) is 0 Å². The topological polar surface area (TPSA) is 49.8 Å². The van der Waals surface area contributed by atoms with E-state index in [-0.39, 0.29) is 16.7 Å². The number of anilines is 3. The molecule has 0 bridgehead atoms. The van der Waals surface area contributed by atoms with Gasteiger partial charge in [0.1, 0.15) is 5.82 Å². The highest BCUT2D eigenvalue weighted by Crippen LogP contribution is 2.36. The molecule has 0 saturated heterocycles. The lowest BCUT2D eigenvalue weighted by Crippen LogP contribution is -2.22. The minimum Gasteiger partial charge on any atom is -0.367 e. The third-order valence-corrected chi connectivity index (χ3v) is 4.47. The van der Waals surface area contributed by atoms with Crippen molar-refractivity contribution in [3.8, 4) is 0 Å². The van der Waals surface area contributed by atoms with Crippen LogP contribution in [0.25, 0.3) is 0 Å². The molecule has 0 radical (unpaired) electrons. The highest BCUT2D eigenvalue weighted by atomic mass is 35.5. The average molecular weight is 371 g/mol. The summed E-state index contributed by atoms with van der Waals surface area (Å²) in [7, 11) is 0. The van der Waals surface area contributed by atoms with Crippen LogP contribution in [0.3, 0.4) is 0 Å². The smallest absolute Gasteiger partial charge is 0.367 e. The number of aromatic nitrogens is 2. The molecule has 1 fully saturated rings. The van der Waals surface area contributed by atoms with Crippen molar-refractivity contribution < 1.29 is 13.2 Å². The molecule has 1 aliphatic carbocycles. The second kappa shape index (κ2) is 7.47. The van der Waals surface area contributed by atoms with Crippen LogP contribution in [0.1, 0.15) is 37.7 Å². The largest absolute Gasteiger partial charge is 0.417 e. The summed E-state index contributed by atoms with van der Waals surface area (Å²) >= 11 is 5.63. The number of hydrogen-bond acceptors (Lipinski definition) is 4. The maximum absolute atomic E-state index is 12.9. The molecule has 134 valence electrons. The fourth-order valence-corrected chi connectivity index (χ4v) is 3.13. The molecule has 1 saturated carbocycles. The average Bonchev–Trinajstić information content (AvgIpc) is 2.57. The lowest BCUT2D eigenvalue weighted by Gasteiger charge is -2.23. The van der Waals surface area contributed by atoms with E-state index in [2.05, 4.69) is 20.6 Å². The van der Waals surface area contributed by atoms with Crippen LogP contribution >= 0.6 is 11.6 Å². The molecule has 2 aromatic rings. The summed E-state index contributed by atoms with van der Waals surface area (Å²) in [5.74, 6) is 0.894. The maximum atomic E-state index is 12.9. The molecule has 0 amide bonds. The van der Waals surface area contributed by atoms with Gasteiger partial charge in [-0.3, -0.25) is 0 Å². The predicted octanol–water partition coefficient (Wildman–Crippen LogP) is 5.64. The van der Waals surface area contributed by atoms with Crippen LogP contribution in [0.5, 0.6) is 0 Å². The van der Waals surface area contributed by atoms with Gasteiger partial charge >= 0.3 is 6.18 Å². The zero-order chi connectivity index (χ0) is 17.9. The molecule has 0 unspecified atom stereocenters. The van der Waals surface area contributed by atoms with E-state index in [4.69, 9.17) is 11.6 Å². The third kappa shape index (κ3) is 4.75. The molecule has 25 heavy (non-hydrogen) atoms. The normalized spacial score (nSPS) is 15.8. The monoisotopic (exact) mass is 370 g/mol. The fraction of sp³-hybridized carbons (Fsp3) is 0.412. The molecule has 1 heterocycles. The van der Waals surface area contributed by atoms with Gasteiger partial charge in [0, 0.05) is 17.9 Å². The van der Waals surface area contributed by atoms with Crippen molar-refractivity contribution >= 4 is 29.1 Å². The Labute approximate surface area is 148 Å². The number of benzene rings is 1. The number of halogens is 4. The molecular formula is C17H18ClF3N4. The number of hydrogen-bond donors (Lipinski definition) is 2. The Morgan fingerprint density at radius 2 is 1.84 bits per heavy atom. The lowest BCUT2D eigenvalue weighted by molar-refractivity contribution is -0.137. The minimum absolute atomic E-state index is 0.228. The maximum Gasteiger partial charge on any atom is 0.417 e. The van der Waals surface area contributed by atoms with Crippen molar-refractivity contribution in [1.29, 1.82) is 0 Å². The quantitative estimate of drug-likeness (QED) is 0.731. The summed E-state index contributed by atoms with van der Waals surface area (Å²) in [5.41, 5.74) is -0.665. The van der Waals surface area contributed by atoms with E-state index in [0.717, 1.165) is 18.9 Å². The Balaban J connectivity index is 1.74. The summed E-state index contributed by atoms with van der Waals surface area (Å²) < 4.78 is 38.8. The molecule has 0 aliphatic heterocycles. The molecule has 2 N–H and O–H groups in total. The Morgan fingerprint density at radius 1 is 1.08 bits per heavy atom. The first-order valence-electron chi connectivity index (χ1n) is 8.15. The third-order valence-electron chi connectivity index (χ3n) is 4.14. The Morgan fingerprint density at radius 3 is 2.56 bits per heavy atom. The molecule has 0 atom stereocenters. The van der Waals surface area contributed by atoms with Gasteiger partial charge in [-0.05, 0) is 37.1 Å². The molecule has 8 heteroatoms. The van der Waals surface area contributed by atoms with Gasteiger partial charge in [-0.2, -0.15) is 18.2 Å². The summed E-state index contributed by atoms with van der Waals surface area (Å²) in [6.07, 6.45) is 2.89. The summed E-state index contributed by atoms with van der Waals surface area (Å²) in [4.78, 5) is 8.39. The predicted molar refractivity (Wildman–Crippen MR) is 92.3 cm³/mol. The molecule has 1 aromatic heterocycles. The van der Waals surface area contributed by atoms with Gasteiger partial charge in [0.2, 0.25) is 5.95 Å². The molecule has 0 spiro atoms. The Kier molecular flexibility index (Phi) is 5.32. The van der Waals surface area contributed by atoms with Crippen LogP contribution in [-0.2, 0) is 6.18 Å². The number of rotatable bonds is 4. The van der Waals surface area contributed by atoms with Gasteiger partial charge < -0.3 is 10.6 Å². The number of nitrogens with one attached hydrogen (secondary N) is 2. The van der Waals surface area contributed by atoms with E-state index in [1.54, 1.807) is 12.3 Å². The fourth-order valence-electron chi connectivity index (χ4n) is 2.90. The van der Waals surface area contributed by atoms with Gasteiger partial charge in [0.25, 0.3) is 0 Å². The van der Waals surface area contributed by atoms with Crippen LogP contribution in [0.4, 0.5) is 30.6 Å². The van der Waals surface area contributed by atoms with E-state index in [0.29, 0.717) is 11.9 Å². The van der Waals surface area contributed by atoms with E-state index < -0.39 is 11.7 Å². The van der Waals surface area contributed by atoms with Gasteiger partial charge in [-0.15, -0.1) is 0 Å². The Bertz CT molecular complexity index is 730. The zero-order valence-electron chi connectivity index (χ0n) is 13.4. The molecular weight excluding hydrogens is 353 g/mol. The first-order valence-corrected chi connectivity index (χ1v) is 8.53. The van der Waals surface area contributed by atoms with E-state index >= 15 is 0 Å². The highest BCUT2D eigenvalue weighted by molar-refractivity contribution is 6.31. The summed E-state index contributed by atoms with van der Waals surface area (Å²) in [6, 6.07) is 5.75. The summed E-state index contributed by atoms with van der Waals surface area (Å²) in [6.45, 7) is 0. The second-order valence-electron chi connectivity index (χ2n) is 6.06. The van der Waals surface area contributed by atoms with E-state index in [1.165, 1.54) is 31.4 Å². The molecule has 1 aliphatic rings. The van der Waals surface area contributed by atoms with Crippen molar-refractivity contribution in [2.24, 2.45) is 0 Å². The van der Waals surface area contributed by atoms with Crippen LogP contribution < -0.4 is 10.6 Å². The standard InChI is InChI=1S/C17H18ClF3N4/c18-14-7-6-12(10-13(14)17(19,20)21)24-16-22-9-8-15(25-16)23-11-4-2-1-3-5-11/h6-11H,1-5H2,(H2,22,23,24,25). The van der Waals surface area contributed by atoms with Gasteiger partial charge in [-0.1, -0.05) is 30.9 Å². The van der Waals surface area contributed by atoms with Crippen molar-refractivity contribution in [1.82, 2.24) is 9.97 Å². The van der Waals surface area contributed by atoms with E-state index in [9.17, 15) is 13.2 Å². The van der Waals surface area contributed by atoms with Crippen molar-refractivity contribution in [3.05, 3.63) is 41.0 Å². The van der Waals surface area contributed by atoms with Gasteiger partial charge in [0.15, 0.2) is 0 Å². The first kappa shape index (κ1) is 17.8. The number of alkyl halides is 3. The number of nitrogens with zero attached hydrogens (tertiary/aromatic N) is 2. The van der Waals surface area contributed by atoms with Gasteiger partial charge in [0.05, 0.1) is 10.6 Å². The van der Waals surface area contributed by atoms with Crippen molar-refractivity contribution in [2.45, 2.75) is 44.3 Å². The Hall–Kier alpha value is -2.02. The van der Waals surface area contributed by atoms with Crippen LogP contribution in [-0.4, -0.2) is 16.0 Å². The lowest BCUT2D eigenvalue weighted by atomic mass is 9.95. The second-order valence-corrected chi connectivity index (χ2v) is 6.47. The van der Waals surface area contributed by atoms with Crippen LogP contribution in [0, 0.1) is 0 Å². The van der Waals surface area contributed by atoms with Crippen molar-refractivity contribution in [2.75, 3.05) is 10.6 Å². The van der Waals surface area contributed by atoms with Crippen LogP contribution in [0.2, 0.25) is 5.02 Å². The molecule has 1 aromatic carbocycles. The SMILES string of the molecule is FC(F)(F)c1cc(Nc2nccc(NC3CCCCC3)n2)ccc1Cl. The molecule has 3 rings (SSSR count). The first-order chi connectivity index (χ1) is 11.9.